The van der Waals surface area contributed by atoms with E-state index >= 15 is 0 Å². The van der Waals surface area contributed by atoms with Gasteiger partial charge >= 0.3 is 0 Å². The highest BCUT2D eigenvalue weighted by atomic mass is 31.1. The maximum absolute atomic E-state index is 6.61. The van der Waals surface area contributed by atoms with E-state index in [9.17, 15) is 0 Å². The van der Waals surface area contributed by atoms with E-state index in [0.717, 1.165) is 34.8 Å². The molecule has 0 N–H and O–H groups in total. The van der Waals surface area contributed by atoms with Gasteiger partial charge in [-0.15, -0.1) is 0 Å². The molecule has 0 spiro atoms. The second-order valence-electron chi connectivity index (χ2n) is 8.49. The molecule has 2 atom stereocenters. The number of ether oxygens (including phenoxy) is 3. The maximum Gasteiger partial charge on any atom is 0.130 e. The van der Waals surface area contributed by atoms with Gasteiger partial charge in [-0.2, -0.15) is 0 Å². The Bertz CT molecular complexity index is 1000. The van der Waals surface area contributed by atoms with E-state index in [0.29, 0.717) is 0 Å². The molecule has 1 aliphatic heterocycles. The zero-order valence-electron chi connectivity index (χ0n) is 18.3. The van der Waals surface area contributed by atoms with Gasteiger partial charge in [-0.05, 0) is 36.8 Å². The Hall–Kier alpha value is -2.51. The van der Waals surface area contributed by atoms with Crippen LogP contribution < -0.4 is 19.5 Å². The molecule has 1 heterocycles. The van der Waals surface area contributed by atoms with Crippen molar-refractivity contribution in [2.75, 3.05) is 14.2 Å². The van der Waals surface area contributed by atoms with Gasteiger partial charge in [0.15, 0.2) is 0 Å². The van der Waals surface area contributed by atoms with Gasteiger partial charge in [0, 0.05) is 17.3 Å². The van der Waals surface area contributed by atoms with Gasteiger partial charge in [-0.3, -0.25) is 0 Å². The molecule has 0 bridgehead atoms. The minimum Gasteiger partial charge on any atom is -0.496 e. The Kier molecular flexibility index (Phi) is 5.75. The van der Waals surface area contributed by atoms with E-state index in [2.05, 4.69) is 69.3 Å². The van der Waals surface area contributed by atoms with Crippen LogP contribution in [0.1, 0.15) is 26.3 Å². The second-order valence-corrected chi connectivity index (χ2v) is 11.6. The Morgan fingerprint density at radius 1 is 0.833 bits per heavy atom. The van der Waals surface area contributed by atoms with Gasteiger partial charge in [-0.1, -0.05) is 69.3 Å². The molecule has 0 saturated heterocycles. The summed E-state index contributed by atoms with van der Waals surface area (Å²) in [7, 11) is 2.82. The first-order valence-electron chi connectivity index (χ1n) is 10.3. The number of benzene rings is 3. The van der Waals surface area contributed by atoms with Crippen molar-refractivity contribution in [3.63, 3.8) is 0 Å². The van der Waals surface area contributed by atoms with Crippen molar-refractivity contribution in [2.24, 2.45) is 0 Å². The zero-order chi connectivity index (χ0) is 21.3. The first kappa shape index (κ1) is 20.8. The summed E-state index contributed by atoms with van der Waals surface area (Å²) in [5, 5.41) is 1.40. The SMILES string of the molecule is COc1cccc(OC)c1-c1cccc2c1P(C(C)(C)C)C(Cc1ccccc1)O2. The van der Waals surface area contributed by atoms with Crippen LogP contribution in [0.3, 0.4) is 0 Å². The fraction of sp³-hybridized carbons (Fsp3) is 0.308. The number of hydrogen-bond acceptors (Lipinski definition) is 3. The van der Waals surface area contributed by atoms with E-state index in [1.807, 2.05) is 18.2 Å². The molecule has 0 saturated carbocycles. The molecular formula is C26H29O3P. The number of rotatable bonds is 5. The summed E-state index contributed by atoms with van der Waals surface area (Å²) in [4.78, 5) is 0. The number of fused-ring (bicyclic) bond motifs is 1. The Morgan fingerprint density at radius 2 is 1.47 bits per heavy atom. The molecule has 4 heteroatoms. The molecule has 0 amide bonds. The summed E-state index contributed by atoms with van der Waals surface area (Å²) in [6, 6.07) is 22.9. The van der Waals surface area contributed by atoms with Crippen molar-refractivity contribution < 1.29 is 14.2 Å². The quantitative estimate of drug-likeness (QED) is 0.458. The molecule has 0 aliphatic carbocycles. The highest BCUT2D eigenvalue weighted by molar-refractivity contribution is 7.68. The average molecular weight is 420 g/mol. The van der Waals surface area contributed by atoms with Crippen LogP contribution in [-0.4, -0.2) is 25.2 Å². The third-order valence-electron chi connectivity index (χ3n) is 5.46. The normalized spacial score (nSPS) is 17.9. The molecular weight excluding hydrogens is 391 g/mol. The summed E-state index contributed by atoms with van der Waals surface area (Å²) in [6.07, 6.45) is 0.904. The fourth-order valence-electron chi connectivity index (χ4n) is 4.24. The van der Waals surface area contributed by atoms with Crippen LogP contribution in [0.25, 0.3) is 11.1 Å². The minimum absolute atomic E-state index is 0.0887. The van der Waals surface area contributed by atoms with Gasteiger partial charge in [0.05, 0.1) is 19.8 Å². The smallest absolute Gasteiger partial charge is 0.130 e. The maximum atomic E-state index is 6.61. The molecule has 3 nitrogen and oxygen atoms in total. The van der Waals surface area contributed by atoms with Gasteiger partial charge in [0.25, 0.3) is 0 Å². The molecule has 4 rings (SSSR count). The standard InChI is InChI=1S/C26H29O3P/c1-26(2,3)30-23(17-18-11-7-6-8-12-18)29-22-16-9-13-19(25(22)30)24-20(27-4)14-10-15-21(24)28-5/h6-16,23H,17H2,1-5H3. The third-order valence-corrected chi connectivity index (χ3v) is 8.72. The van der Waals surface area contributed by atoms with Crippen LogP contribution in [-0.2, 0) is 6.42 Å². The van der Waals surface area contributed by atoms with Crippen molar-refractivity contribution in [3.05, 3.63) is 72.3 Å². The van der Waals surface area contributed by atoms with Crippen LogP contribution in [0.2, 0.25) is 0 Å². The molecule has 0 fully saturated rings. The highest BCUT2D eigenvalue weighted by Gasteiger charge is 2.43. The first-order chi connectivity index (χ1) is 14.4. The van der Waals surface area contributed by atoms with Gasteiger partial charge < -0.3 is 14.2 Å². The molecule has 156 valence electrons. The van der Waals surface area contributed by atoms with Gasteiger partial charge in [-0.25, -0.2) is 0 Å². The zero-order valence-corrected chi connectivity index (χ0v) is 19.2. The van der Waals surface area contributed by atoms with Crippen molar-refractivity contribution in [2.45, 2.75) is 38.2 Å². The molecule has 3 aromatic carbocycles. The topological polar surface area (TPSA) is 27.7 Å². The van der Waals surface area contributed by atoms with Crippen molar-refractivity contribution in [1.29, 1.82) is 0 Å². The predicted molar refractivity (Wildman–Crippen MR) is 126 cm³/mol. The summed E-state index contributed by atoms with van der Waals surface area (Å²) in [5.74, 6) is 2.76. The molecule has 2 unspecified atom stereocenters. The number of hydrogen-bond donors (Lipinski definition) is 0. The van der Waals surface area contributed by atoms with Gasteiger partial charge in [0.1, 0.15) is 23.1 Å². The third kappa shape index (κ3) is 3.79. The summed E-state index contributed by atoms with van der Waals surface area (Å²) in [5.41, 5.74) is 3.46. The lowest BCUT2D eigenvalue weighted by Crippen LogP contribution is -2.26. The van der Waals surface area contributed by atoms with E-state index in [1.165, 1.54) is 10.9 Å². The fourth-order valence-corrected chi connectivity index (χ4v) is 7.49. The highest BCUT2D eigenvalue weighted by Crippen LogP contribution is 2.61. The average Bonchev–Trinajstić information content (AvgIpc) is 3.12. The van der Waals surface area contributed by atoms with Crippen molar-refractivity contribution >= 4 is 13.2 Å². The van der Waals surface area contributed by atoms with Crippen LogP contribution in [0.15, 0.2) is 66.7 Å². The largest absolute Gasteiger partial charge is 0.496 e. The monoisotopic (exact) mass is 420 g/mol. The predicted octanol–water partition coefficient (Wildman–Crippen LogP) is 6.24. The lowest BCUT2D eigenvalue weighted by Gasteiger charge is -2.33. The number of methoxy groups -OCH3 is 2. The summed E-state index contributed by atoms with van der Waals surface area (Å²) >= 11 is 0. The lowest BCUT2D eigenvalue weighted by molar-refractivity contribution is 0.293. The van der Waals surface area contributed by atoms with Crippen LogP contribution >= 0.6 is 7.92 Å². The van der Waals surface area contributed by atoms with Gasteiger partial charge in [0.2, 0.25) is 0 Å². The molecule has 30 heavy (non-hydrogen) atoms. The van der Waals surface area contributed by atoms with Crippen LogP contribution in [0.4, 0.5) is 0 Å². The van der Waals surface area contributed by atoms with Crippen LogP contribution in [0.5, 0.6) is 17.2 Å². The Balaban J connectivity index is 1.87. The molecule has 3 aromatic rings. The molecule has 0 aromatic heterocycles. The van der Waals surface area contributed by atoms with E-state index < -0.39 is 7.92 Å². The van der Waals surface area contributed by atoms with E-state index in [1.54, 1.807) is 14.2 Å². The Morgan fingerprint density at radius 3 is 2.07 bits per heavy atom. The second kappa shape index (κ2) is 8.32. The summed E-state index contributed by atoms with van der Waals surface area (Å²) in [6.45, 7) is 6.97. The van der Waals surface area contributed by atoms with Crippen molar-refractivity contribution in [1.82, 2.24) is 0 Å². The summed E-state index contributed by atoms with van der Waals surface area (Å²) < 4.78 is 18.1. The van der Waals surface area contributed by atoms with Crippen LogP contribution in [0, 0.1) is 0 Å². The first-order valence-corrected chi connectivity index (χ1v) is 11.7. The Labute approximate surface area is 180 Å². The van der Waals surface area contributed by atoms with E-state index in [4.69, 9.17) is 14.2 Å². The van der Waals surface area contributed by atoms with E-state index in [-0.39, 0.29) is 11.0 Å². The van der Waals surface area contributed by atoms with Crippen molar-refractivity contribution in [3.8, 4) is 28.4 Å². The molecule has 0 radical (unpaired) electrons. The minimum atomic E-state index is -0.602. The molecule has 1 aliphatic rings. The lowest BCUT2D eigenvalue weighted by atomic mass is 10.0.